The first-order chi connectivity index (χ1) is 9.74. The van der Waals surface area contributed by atoms with Crippen molar-refractivity contribution >= 4 is 5.78 Å². The Balaban J connectivity index is 1.90. The zero-order valence-corrected chi connectivity index (χ0v) is 10.4. The van der Waals surface area contributed by atoms with Gasteiger partial charge in [0.15, 0.2) is 5.69 Å². The molecule has 1 heterocycles. The van der Waals surface area contributed by atoms with Crippen LogP contribution in [0.5, 0.6) is 0 Å². The lowest BCUT2D eigenvalue weighted by molar-refractivity contribution is 0.103. The Morgan fingerprint density at radius 1 is 1.00 bits per heavy atom. The summed E-state index contributed by atoms with van der Waals surface area (Å²) in [4.78, 5) is 13.5. The molecule has 0 atom stereocenters. The van der Waals surface area contributed by atoms with Crippen LogP contribution in [0.15, 0.2) is 60.8 Å². The average molecular weight is 267 g/mol. The van der Waals surface area contributed by atoms with Crippen molar-refractivity contribution < 1.29 is 9.18 Å². The van der Waals surface area contributed by atoms with Gasteiger partial charge < -0.3 is 0 Å². The summed E-state index contributed by atoms with van der Waals surface area (Å²) in [6.07, 6.45) is 1.40. The Bertz CT molecular complexity index is 735. The summed E-state index contributed by atoms with van der Waals surface area (Å²) in [6.45, 7) is 0. The van der Waals surface area contributed by atoms with E-state index in [0.29, 0.717) is 5.56 Å². The standard InChI is InChI=1S/C15H10FN3O/c16-12-8-6-11(7-9-12)15(20)14-10-17-19(18-14)13-4-2-1-3-5-13/h1-10H. The van der Waals surface area contributed by atoms with Crippen molar-refractivity contribution in [2.24, 2.45) is 0 Å². The average Bonchev–Trinajstić information content (AvgIpc) is 2.98. The van der Waals surface area contributed by atoms with E-state index in [4.69, 9.17) is 0 Å². The lowest BCUT2D eigenvalue weighted by Crippen LogP contribution is -2.04. The molecule has 0 radical (unpaired) electrons. The molecule has 98 valence electrons. The van der Waals surface area contributed by atoms with Gasteiger partial charge in [-0.1, -0.05) is 18.2 Å². The van der Waals surface area contributed by atoms with Gasteiger partial charge in [-0.25, -0.2) is 4.39 Å². The van der Waals surface area contributed by atoms with Crippen molar-refractivity contribution in [3.63, 3.8) is 0 Å². The maximum atomic E-state index is 12.8. The van der Waals surface area contributed by atoms with E-state index in [1.807, 2.05) is 30.3 Å². The second kappa shape index (κ2) is 5.05. The highest BCUT2D eigenvalue weighted by Crippen LogP contribution is 2.10. The van der Waals surface area contributed by atoms with Gasteiger partial charge in [-0.15, -0.1) is 5.10 Å². The Morgan fingerprint density at radius 3 is 2.40 bits per heavy atom. The Labute approximate surface area is 114 Å². The molecule has 0 aliphatic carbocycles. The number of para-hydroxylation sites is 1. The van der Waals surface area contributed by atoms with Crippen molar-refractivity contribution in [2.45, 2.75) is 0 Å². The molecule has 1 aromatic heterocycles. The van der Waals surface area contributed by atoms with Gasteiger partial charge in [0, 0.05) is 5.56 Å². The lowest BCUT2D eigenvalue weighted by atomic mass is 10.1. The van der Waals surface area contributed by atoms with E-state index in [1.165, 1.54) is 35.3 Å². The van der Waals surface area contributed by atoms with Gasteiger partial charge >= 0.3 is 0 Å². The molecule has 3 rings (SSSR count). The molecule has 0 N–H and O–H groups in total. The Kier molecular flexibility index (Phi) is 3.09. The maximum absolute atomic E-state index is 12.8. The zero-order valence-electron chi connectivity index (χ0n) is 10.4. The first-order valence-electron chi connectivity index (χ1n) is 6.02. The molecule has 4 nitrogen and oxygen atoms in total. The van der Waals surface area contributed by atoms with Crippen molar-refractivity contribution in [1.29, 1.82) is 0 Å². The summed E-state index contributed by atoms with van der Waals surface area (Å²) in [5.74, 6) is -0.665. The minimum Gasteiger partial charge on any atom is -0.287 e. The number of ketones is 1. The molecule has 0 aliphatic rings. The molecular formula is C15H10FN3O. The monoisotopic (exact) mass is 267 g/mol. The van der Waals surface area contributed by atoms with Crippen LogP contribution in [0.4, 0.5) is 4.39 Å². The summed E-state index contributed by atoms with van der Waals surface area (Å²) < 4.78 is 12.8. The molecule has 0 saturated heterocycles. The SMILES string of the molecule is O=C(c1ccc(F)cc1)c1cnn(-c2ccccc2)n1. The van der Waals surface area contributed by atoms with Gasteiger partial charge in [0.2, 0.25) is 5.78 Å². The molecule has 0 aliphatic heterocycles. The minimum absolute atomic E-state index is 0.223. The van der Waals surface area contributed by atoms with Crippen LogP contribution in [-0.4, -0.2) is 20.8 Å². The van der Waals surface area contributed by atoms with Crippen LogP contribution in [0.25, 0.3) is 5.69 Å². The summed E-state index contributed by atoms with van der Waals surface area (Å²) in [5, 5.41) is 8.20. The van der Waals surface area contributed by atoms with Gasteiger partial charge in [-0.3, -0.25) is 4.79 Å². The quantitative estimate of drug-likeness (QED) is 0.685. The van der Waals surface area contributed by atoms with Crippen molar-refractivity contribution in [3.8, 4) is 5.69 Å². The Morgan fingerprint density at radius 2 is 1.70 bits per heavy atom. The first kappa shape index (κ1) is 12.2. The molecular weight excluding hydrogens is 257 g/mol. The second-order valence-corrected chi connectivity index (χ2v) is 4.19. The third kappa shape index (κ3) is 2.33. The molecule has 0 fully saturated rings. The minimum atomic E-state index is -0.380. The normalized spacial score (nSPS) is 10.4. The van der Waals surface area contributed by atoms with Crippen LogP contribution in [0.1, 0.15) is 16.1 Å². The van der Waals surface area contributed by atoms with Crippen molar-refractivity contribution in [3.05, 3.63) is 77.9 Å². The van der Waals surface area contributed by atoms with Crippen molar-refractivity contribution in [2.75, 3.05) is 0 Å². The van der Waals surface area contributed by atoms with E-state index in [9.17, 15) is 9.18 Å². The molecule has 0 spiro atoms. The number of rotatable bonds is 3. The summed E-state index contributed by atoms with van der Waals surface area (Å²) in [7, 11) is 0. The van der Waals surface area contributed by atoms with Gasteiger partial charge in [0.1, 0.15) is 5.82 Å². The number of carbonyl (C=O) groups is 1. The fraction of sp³-hybridized carbons (Fsp3) is 0. The largest absolute Gasteiger partial charge is 0.287 e. The number of nitrogens with zero attached hydrogens (tertiary/aromatic N) is 3. The van der Waals surface area contributed by atoms with Crippen LogP contribution in [0, 0.1) is 5.82 Å². The zero-order chi connectivity index (χ0) is 13.9. The number of hydrogen-bond acceptors (Lipinski definition) is 3. The Hall–Kier alpha value is -2.82. The van der Waals surface area contributed by atoms with E-state index < -0.39 is 0 Å². The smallest absolute Gasteiger partial charge is 0.214 e. The molecule has 0 unspecified atom stereocenters. The molecule has 0 amide bonds. The summed E-state index contributed by atoms with van der Waals surface area (Å²) in [5.41, 5.74) is 1.37. The molecule has 2 aromatic carbocycles. The van der Waals surface area contributed by atoms with Crippen LogP contribution in [0.2, 0.25) is 0 Å². The molecule has 5 heteroatoms. The van der Waals surface area contributed by atoms with Gasteiger partial charge in [0.05, 0.1) is 11.9 Å². The van der Waals surface area contributed by atoms with Crippen molar-refractivity contribution in [1.82, 2.24) is 15.0 Å². The number of hydrogen-bond donors (Lipinski definition) is 0. The fourth-order valence-corrected chi connectivity index (χ4v) is 1.80. The summed E-state index contributed by atoms with van der Waals surface area (Å²) in [6, 6.07) is 14.6. The van der Waals surface area contributed by atoms with Gasteiger partial charge in [-0.2, -0.15) is 9.90 Å². The first-order valence-corrected chi connectivity index (χ1v) is 6.02. The van der Waals surface area contributed by atoms with Gasteiger partial charge in [0.25, 0.3) is 0 Å². The lowest BCUT2D eigenvalue weighted by Gasteiger charge is -1.98. The molecule has 0 saturated carbocycles. The third-order valence-electron chi connectivity index (χ3n) is 2.82. The predicted molar refractivity (Wildman–Crippen MR) is 71.2 cm³/mol. The highest BCUT2D eigenvalue weighted by atomic mass is 19.1. The van der Waals surface area contributed by atoms with Gasteiger partial charge in [-0.05, 0) is 36.4 Å². The second-order valence-electron chi connectivity index (χ2n) is 4.19. The third-order valence-corrected chi connectivity index (χ3v) is 2.82. The van der Waals surface area contributed by atoms with Crippen LogP contribution in [0.3, 0.4) is 0 Å². The van der Waals surface area contributed by atoms with E-state index in [1.54, 1.807) is 0 Å². The van der Waals surface area contributed by atoms with E-state index in [2.05, 4.69) is 10.2 Å². The van der Waals surface area contributed by atoms with E-state index in [0.717, 1.165) is 5.69 Å². The fourth-order valence-electron chi connectivity index (χ4n) is 1.80. The number of carbonyl (C=O) groups excluding carboxylic acids is 1. The van der Waals surface area contributed by atoms with E-state index >= 15 is 0 Å². The highest BCUT2D eigenvalue weighted by molar-refractivity contribution is 6.07. The topological polar surface area (TPSA) is 47.8 Å². The summed E-state index contributed by atoms with van der Waals surface area (Å²) >= 11 is 0. The van der Waals surface area contributed by atoms with Crippen LogP contribution >= 0.6 is 0 Å². The number of halogens is 1. The van der Waals surface area contributed by atoms with Crippen LogP contribution < -0.4 is 0 Å². The predicted octanol–water partition coefficient (Wildman–Crippen LogP) is 2.64. The highest BCUT2D eigenvalue weighted by Gasteiger charge is 2.13. The van der Waals surface area contributed by atoms with Crippen LogP contribution in [-0.2, 0) is 0 Å². The molecule has 20 heavy (non-hydrogen) atoms. The van der Waals surface area contributed by atoms with E-state index in [-0.39, 0.29) is 17.3 Å². The number of benzene rings is 2. The maximum Gasteiger partial charge on any atom is 0.214 e. The molecule has 3 aromatic rings. The number of aromatic nitrogens is 3. The molecule has 0 bridgehead atoms.